The number of aromatic amines is 2. The van der Waals surface area contributed by atoms with Crippen molar-refractivity contribution in [3.8, 4) is 33.6 Å². The van der Waals surface area contributed by atoms with Crippen molar-refractivity contribution >= 4 is 11.9 Å². The first-order valence-corrected chi connectivity index (χ1v) is 14.2. The zero-order valence-electron chi connectivity index (χ0n) is 23.0. The number of imidazole rings is 2. The van der Waals surface area contributed by atoms with E-state index in [0.29, 0.717) is 24.9 Å². The number of ether oxygens (including phenoxy) is 2. The lowest BCUT2D eigenvalue weighted by molar-refractivity contribution is -0.155. The van der Waals surface area contributed by atoms with E-state index in [9.17, 15) is 9.59 Å². The lowest BCUT2D eigenvalue weighted by atomic mass is 9.68. The molecule has 2 aromatic carbocycles. The number of nitrogens with zero attached hydrogens (tertiary/aromatic N) is 2. The molecule has 2 aliphatic rings. The molecule has 0 saturated heterocycles. The van der Waals surface area contributed by atoms with Crippen LogP contribution in [0.1, 0.15) is 64.0 Å². The summed E-state index contributed by atoms with van der Waals surface area (Å²) in [4.78, 5) is 41.3. The van der Waals surface area contributed by atoms with Crippen molar-refractivity contribution in [2.45, 2.75) is 63.2 Å². The molecule has 2 heterocycles. The van der Waals surface area contributed by atoms with Crippen LogP contribution >= 0.6 is 0 Å². The van der Waals surface area contributed by atoms with Crippen LogP contribution in [-0.2, 0) is 29.9 Å². The molecule has 8 nitrogen and oxygen atoms in total. The predicted octanol–water partition coefficient (Wildman–Crippen LogP) is 6.10. The molecular formula is C32H34N4O4. The van der Waals surface area contributed by atoms with E-state index in [1.54, 1.807) is 0 Å². The van der Waals surface area contributed by atoms with Gasteiger partial charge in [0.05, 0.1) is 24.6 Å². The maximum absolute atomic E-state index is 12.6. The maximum atomic E-state index is 12.6. The van der Waals surface area contributed by atoms with Gasteiger partial charge >= 0.3 is 11.9 Å². The number of nitrogens with one attached hydrogen (secondary N) is 2. The third kappa shape index (κ3) is 4.31. The van der Waals surface area contributed by atoms with Crippen LogP contribution in [0.25, 0.3) is 33.6 Å². The van der Waals surface area contributed by atoms with Gasteiger partial charge < -0.3 is 19.4 Å². The average molecular weight is 539 g/mol. The van der Waals surface area contributed by atoms with Crippen LogP contribution in [0.3, 0.4) is 0 Å². The summed E-state index contributed by atoms with van der Waals surface area (Å²) >= 11 is 0. The van der Waals surface area contributed by atoms with E-state index in [4.69, 9.17) is 19.4 Å². The Morgan fingerprint density at radius 1 is 0.650 bits per heavy atom. The molecule has 0 atom stereocenters. The molecule has 2 N–H and O–H groups in total. The molecule has 6 rings (SSSR count). The Kier molecular flexibility index (Phi) is 6.78. The number of carbonyl (C=O) groups excluding carboxylic acids is 2. The Morgan fingerprint density at radius 2 is 1.00 bits per heavy atom. The highest BCUT2D eigenvalue weighted by molar-refractivity contribution is 5.84. The summed E-state index contributed by atoms with van der Waals surface area (Å²) in [6, 6.07) is 16.5. The van der Waals surface area contributed by atoms with Gasteiger partial charge in [0.2, 0.25) is 0 Å². The van der Waals surface area contributed by atoms with E-state index in [1.807, 2.05) is 26.2 Å². The summed E-state index contributed by atoms with van der Waals surface area (Å²) in [6.07, 6.45) is 8.78. The van der Waals surface area contributed by atoms with Gasteiger partial charge in [-0.25, -0.2) is 9.97 Å². The first-order chi connectivity index (χ1) is 19.5. The standard InChI is InChI=1S/C32H34N4O4/c1-3-39-29(37)31(15-5-16-31)27-33-19-25(35-27)23-11-7-21(8-12-23)22-9-13-24(14-10-22)26-20-34-28(36-26)32(17-6-18-32)30(38)40-4-2/h7-14,19-20H,3-6,15-18H2,1-2H3,(H,33,35)(H,34,36). The van der Waals surface area contributed by atoms with Gasteiger partial charge in [-0.2, -0.15) is 0 Å². The van der Waals surface area contributed by atoms with E-state index >= 15 is 0 Å². The molecule has 0 aliphatic heterocycles. The smallest absolute Gasteiger partial charge is 0.319 e. The fraction of sp³-hybridized carbons (Fsp3) is 0.375. The number of H-pyrrole nitrogens is 2. The van der Waals surface area contributed by atoms with Crippen LogP contribution < -0.4 is 0 Å². The minimum absolute atomic E-state index is 0.187. The van der Waals surface area contributed by atoms with Gasteiger partial charge in [0.1, 0.15) is 22.5 Å². The van der Waals surface area contributed by atoms with Gasteiger partial charge in [-0.15, -0.1) is 0 Å². The first kappa shape index (κ1) is 26.0. The Hall–Kier alpha value is -4.20. The molecule has 0 radical (unpaired) electrons. The SMILES string of the molecule is CCOC(=O)C1(c2nc(-c3ccc(-c4ccc(-c5c[nH]c(C6(C(=O)OCC)CCC6)n5)cc4)cc3)c[nH]2)CCC1. The van der Waals surface area contributed by atoms with Gasteiger partial charge in [-0.3, -0.25) is 9.59 Å². The van der Waals surface area contributed by atoms with Crippen LogP contribution in [-0.4, -0.2) is 45.1 Å². The lowest BCUT2D eigenvalue weighted by Gasteiger charge is -2.37. The van der Waals surface area contributed by atoms with Crippen molar-refractivity contribution in [2.75, 3.05) is 13.2 Å². The van der Waals surface area contributed by atoms with Gasteiger partial charge in [0, 0.05) is 23.5 Å². The highest BCUT2D eigenvalue weighted by atomic mass is 16.5. The van der Waals surface area contributed by atoms with Crippen molar-refractivity contribution in [3.05, 3.63) is 72.6 Å². The van der Waals surface area contributed by atoms with Crippen molar-refractivity contribution in [1.82, 2.24) is 19.9 Å². The van der Waals surface area contributed by atoms with Gasteiger partial charge in [0.15, 0.2) is 0 Å². The third-order valence-corrected chi connectivity index (χ3v) is 8.50. The minimum atomic E-state index is -0.637. The van der Waals surface area contributed by atoms with E-state index < -0.39 is 10.8 Å². The Labute approximate surface area is 233 Å². The first-order valence-electron chi connectivity index (χ1n) is 14.2. The van der Waals surface area contributed by atoms with Crippen LogP contribution in [0.2, 0.25) is 0 Å². The summed E-state index contributed by atoms with van der Waals surface area (Å²) in [7, 11) is 0. The lowest BCUT2D eigenvalue weighted by Crippen LogP contribution is -2.44. The number of rotatable bonds is 9. The summed E-state index contributed by atoms with van der Waals surface area (Å²) in [5.74, 6) is 1.01. The summed E-state index contributed by atoms with van der Waals surface area (Å²) in [5.41, 5.74) is 4.50. The summed E-state index contributed by atoms with van der Waals surface area (Å²) in [5, 5.41) is 0. The van der Waals surface area contributed by atoms with E-state index in [0.717, 1.165) is 72.2 Å². The van der Waals surface area contributed by atoms with E-state index in [2.05, 4.69) is 58.5 Å². The van der Waals surface area contributed by atoms with Crippen LogP contribution in [0.4, 0.5) is 0 Å². The molecule has 0 amide bonds. The van der Waals surface area contributed by atoms with Gasteiger partial charge in [-0.1, -0.05) is 61.4 Å². The molecule has 206 valence electrons. The number of carbonyl (C=O) groups is 2. The van der Waals surface area contributed by atoms with Gasteiger partial charge in [0.25, 0.3) is 0 Å². The number of benzene rings is 2. The van der Waals surface area contributed by atoms with Crippen molar-refractivity contribution < 1.29 is 19.1 Å². The fourth-order valence-electron chi connectivity index (χ4n) is 5.77. The second-order valence-corrected chi connectivity index (χ2v) is 10.7. The number of aromatic nitrogens is 4. The van der Waals surface area contributed by atoms with Crippen molar-refractivity contribution in [3.63, 3.8) is 0 Å². The molecule has 0 bridgehead atoms. The van der Waals surface area contributed by atoms with E-state index in [-0.39, 0.29) is 11.9 Å². The number of hydrogen-bond donors (Lipinski definition) is 2. The topological polar surface area (TPSA) is 110 Å². The fourth-order valence-corrected chi connectivity index (χ4v) is 5.77. The maximum Gasteiger partial charge on any atom is 0.319 e. The van der Waals surface area contributed by atoms with Crippen LogP contribution in [0, 0.1) is 0 Å². The Bertz CT molecular complexity index is 1390. The molecule has 40 heavy (non-hydrogen) atoms. The molecular weight excluding hydrogens is 504 g/mol. The van der Waals surface area contributed by atoms with Gasteiger partial charge in [-0.05, 0) is 50.7 Å². The molecule has 0 spiro atoms. The molecule has 2 aliphatic carbocycles. The van der Waals surface area contributed by atoms with E-state index in [1.165, 1.54) is 0 Å². The minimum Gasteiger partial charge on any atom is -0.465 e. The monoisotopic (exact) mass is 538 g/mol. The summed E-state index contributed by atoms with van der Waals surface area (Å²) in [6.45, 7) is 4.40. The molecule has 4 aromatic rings. The number of esters is 2. The zero-order chi connectivity index (χ0) is 27.7. The quantitative estimate of drug-likeness (QED) is 0.249. The number of hydrogen-bond acceptors (Lipinski definition) is 6. The zero-order valence-corrected chi connectivity index (χ0v) is 23.0. The predicted molar refractivity (Wildman–Crippen MR) is 151 cm³/mol. The van der Waals surface area contributed by atoms with Crippen LogP contribution in [0.5, 0.6) is 0 Å². The van der Waals surface area contributed by atoms with Crippen molar-refractivity contribution in [1.29, 1.82) is 0 Å². The molecule has 8 heteroatoms. The second-order valence-electron chi connectivity index (χ2n) is 10.7. The Morgan fingerprint density at radius 3 is 1.30 bits per heavy atom. The summed E-state index contributed by atoms with van der Waals surface area (Å²) < 4.78 is 10.7. The molecule has 2 fully saturated rings. The van der Waals surface area contributed by atoms with Crippen LogP contribution in [0.15, 0.2) is 60.9 Å². The van der Waals surface area contributed by atoms with Crippen molar-refractivity contribution in [2.24, 2.45) is 0 Å². The highest BCUT2D eigenvalue weighted by Crippen LogP contribution is 2.45. The second kappa shape index (κ2) is 10.4. The Balaban J connectivity index is 1.17. The third-order valence-electron chi connectivity index (χ3n) is 8.50. The average Bonchev–Trinajstić information content (AvgIpc) is 3.60. The molecule has 2 aromatic heterocycles. The highest BCUT2D eigenvalue weighted by Gasteiger charge is 2.50. The molecule has 0 unspecified atom stereocenters. The molecule has 2 saturated carbocycles. The normalized spacial score (nSPS) is 16.9. The largest absolute Gasteiger partial charge is 0.465 e.